The standard InChI is InChI=1S/C13H19ClN2O3S/c1-9-12(5-6-19-9)16(2)20(17,18)13-4-3-10(8-15)7-11(13)14/h3-4,7,9,12H,5-6,8,15H2,1-2H3. The van der Waals surface area contributed by atoms with E-state index in [1.54, 1.807) is 19.2 Å². The summed E-state index contributed by atoms with van der Waals surface area (Å²) in [7, 11) is -2.06. The Hall–Kier alpha value is -0.660. The maximum absolute atomic E-state index is 12.6. The van der Waals surface area contributed by atoms with Crippen molar-refractivity contribution in [3.8, 4) is 0 Å². The number of sulfonamides is 1. The molecule has 1 aromatic carbocycles. The molecule has 1 fully saturated rings. The number of likely N-dealkylation sites (N-methyl/N-ethyl adjacent to an activating group) is 1. The Morgan fingerprint density at radius 2 is 2.20 bits per heavy atom. The van der Waals surface area contributed by atoms with Crippen LogP contribution in [0.25, 0.3) is 0 Å². The zero-order valence-electron chi connectivity index (χ0n) is 11.5. The van der Waals surface area contributed by atoms with Crippen LogP contribution in [0.5, 0.6) is 0 Å². The highest BCUT2D eigenvalue weighted by molar-refractivity contribution is 7.89. The first kappa shape index (κ1) is 15.7. The molecule has 1 saturated heterocycles. The molecule has 7 heteroatoms. The van der Waals surface area contributed by atoms with Crippen LogP contribution in [0.4, 0.5) is 0 Å². The zero-order valence-corrected chi connectivity index (χ0v) is 13.1. The molecular formula is C13H19ClN2O3S. The number of benzene rings is 1. The number of nitrogens with two attached hydrogens (primary N) is 1. The van der Waals surface area contributed by atoms with Crippen LogP contribution >= 0.6 is 11.6 Å². The Labute approximate surface area is 124 Å². The Bertz CT molecular complexity index is 591. The number of rotatable bonds is 4. The third-order valence-electron chi connectivity index (χ3n) is 3.69. The Kier molecular flexibility index (Phi) is 4.71. The predicted octanol–water partition coefficient (Wildman–Crippen LogP) is 1.60. The summed E-state index contributed by atoms with van der Waals surface area (Å²) in [5.41, 5.74) is 6.32. The number of nitrogens with zero attached hydrogens (tertiary/aromatic N) is 1. The number of hydrogen-bond acceptors (Lipinski definition) is 4. The number of ether oxygens (including phenoxy) is 1. The first-order chi connectivity index (χ1) is 9.37. The highest BCUT2D eigenvalue weighted by atomic mass is 35.5. The van der Waals surface area contributed by atoms with E-state index in [1.807, 2.05) is 6.92 Å². The van der Waals surface area contributed by atoms with Gasteiger partial charge in [-0.05, 0) is 31.0 Å². The molecule has 0 amide bonds. The molecule has 2 atom stereocenters. The summed E-state index contributed by atoms with van der Waals surface area (Å²) in [6, 6.07) is 4.62. The average molecular weight is 319 g/mol. The minimum Gasteiger partial charge on any atom is -0.377 e. The van der Waals surface area contributed by atoms with Crippen LogP contribution in [0.3, 0.4) is 0 Å². The average Bonchev–Trinajstić information content (AvgIpc) is 2.83. The highest BCUT2D eigenvalue weighted by Crippen LogP contribution is 2.29. The van der Waals surface area contributed by atoms with Crippen LogP contribution < -0.4 is 5.73 Å². The second kappa shape index (κ2) is 5.99. The smallest absolute Gasteiger partial charge is 0.244 e. The summed E-state index contributed by atoms with van der Waals surface area (Å²) < 4.78 is 32.1. The molecule has 0 spiro atoms. The van der Waals surface area contributed by atoms with Gasteiger partial charge < -0.3 is 10.5 Å². The third kappa shape index (κ3) is 2.84. The molecule has 1 aliphatic heterocycles. The van der Waals surface area contributed by atoms with Gasteiger partial charge in [-0.2, -0.15) is 4.31 Å². The molecule has 2 rings (SSSR count). The van der Waals surface area contributed by atoms with Crippen LogP contribution in [0.2, 0.25) is 5.02 Å². The minimum atomic E-state index is -3.63. The van der Waals surface area contributed by atoms with Gasteiger partial charge in [0.25, 0.3) is 0 Å². The first-order valence-electron chi connectivity index (χ1n) is 6.46. The van der Waals surface area contributed by atoms with Crippen LogP contribution in [0.15, 0.2) is 23.1 Å². The fourth-order valence-corrected chi connectivity index (χ4v) is 4.40. The molecule has 0 saturated carbocycles. The van der Waals surface area contributed by atoms with Gasteiger partial charge in [0.1, 0.15) is 4.90 Å². The van der Waals surface area contributed by atoms with Crippen molar-refractivity contribution in [1.29, 1.82) is 0 Å². The Balaban J connectivity index is 2.34. The van der Waals surface area contributed by atoms with Gasteiger partial charge in [0, 0.05) is 20.2 Å². The maximum Gasteiger partial charge on any atom is 0.244 e. The van der Waals surface area contributed by atoms with Gasteiger partial charge in [0.15, 0.2) is 0 Å². The largest absolute Gasteiger partial charge is 0.377 e. The normalized spacial score (nSPS) is 23.4. The fourth-order valence-electron chi connectivity index (χ4n) is 2.41. The summed E-state index contributed by atoms with van der Waals surface area (Å²) in [4.78, 5) is 0.109. The van der Waals surface area contributed by atoms with Crippen LogP contribution in [0.1, 0.15) is 18.9 Å². The van der Waals surface area contributed by atoms with E-state index in [9.17, 15) is 8.42 Å². The summed E-state index contributed by atoms with van der Waals surface area (Å²) in [5.74, 6) is 0. The molecule has 1 heterocycles. The molecular weight excluding hydrogens is 300 g/mol. The first-order valence-corrected chi connectivity index (χ1v) is 8.28. The predicted molar refractivity (Wildman–Crippen MR) is 78.1 cm³/mol. The molecule has 2 N–H and O–H groups in total. The molecule has 2 unspecified atom stereocenters. The second-order valence-electron chi connectivity index (χ2n) is 4.92. The van der Waals surface area contributed by atoms with E-state index in [-0.39, 0.29) is 22.1 Å². The number of hydrogen-bond donors (Lipinski definition) is 1. The van der Waals surface area contributed by atoms with Gasteiger partial charge in [-0.3, -0.25) is 0 Å². The SMILES string of the molecule is CC1OCCC1N(C)S(=O)(=O)c1ccc(CN)cc1Cl. The molecule has 1 aromatic rings. The van der Waals surface area contributed by atoms with Gasteiger partial charge in [-0.1, -0.05) is 17.7 Å². The lowest BCUT2D eigenvalue weighted by Crippen LogP contribution is -2.41. The lowest BCUT2D eigenvalue weighted by molar-refractivity contribution is 0.102. The fraction of sp³-hybridized carbons (Fsp3) is 0.538. The summed E-state index contributed by atoms with van der Waals surface area (Å²) >= 11 is 6.09. The molecule has 0 bridgehead atoms. The molecule has 0 aliphatic carbocycles. The van der Waals surface area contributed by atoms with Crippen LogP contribution in [-0.4, -0.2) is 38.5 Å². The minimum absolute atomic E-state index is 0.109. The molecule has 112 valence electrons. The van der Waals surface area contributed by atoms with Crippen LogP contribution in [-0.2, 0) is 21.3 Å². The molecule has 5 nitrogen and oxygen atoms in total. The van der Waals surface area contributed by atoms with Crippen molar-refractivity contribution in [3.05, 3.63) is 28.8 Å². The van der Waals surface area contributed by atoms with Crippen molar-refractivity contribution in [2.75, 3.05) is 13.7 Å². The summed E-state index contributed by atoms with van der Waals surface area (Å²) in [6.45, 7) is 2.78. The van der Waals surface area contributed by atoms with Crippen molar-refractivity contribution < 1.29 is 13.2 Å². The van der Waals surface area contributed by atoms with Gasteiger partial charge in [0.2, 0.25) is 10.0 Å². The maximum atomic E-state index is 12.6. The molecule has 0 aromatic heterocycles. The zero-order chi connectivity index (χ0) is 14.9. The van der Waals surface area contributed by atoms with Crippen molar-refractivity contribution >= 4 is 21.6 Å². The van der Waals surface area contributed by atoms with Gasteiger partial charge in [-0.15, -0.1) is 0 Å². The second-order valence-corrected chi connectivity index (χ2v) is 7.30. The van der Waals surface area contributed by atoms with E-state index >= 15 is 0 Å². The van der Waals surface area contributed by atoms with E-state index in [2.05, 4.69) is 0 Å². The molecule has 1 aliphatic rings. The van der Waals surface area contributed by atoms with Gasteiger partial charge >= 0.3 is 0 Å². The van der Waals surface area contributed by atoms with E-state index in [1.165, 1.54) is 10.4 Å². The van der Waals surface area contributed by atoms with Gasteiger partial charge in [-0.25, -0.2) is 8.42 Å². The number of halogens is 1. The monoisotopic (exact) mass is 318 g/mol. The van der Waals surface area contributed by atoms with Crippen LogP contribution in [0, 0.1) is 0 Å². The molecule has 20 heavy (non-hydrogen) atoms. The lowest BCUT2D eigenvalue weighted by atomic mass is 10.2. The van der Waals surface area contributed by atoms with E-state index in [4.69, 9.17) is 22.1 Å². The summed E-state index contributed by atoms with van der Waals surface area (Å²) in [6.07, 6.45) is 0.576. The Morgan fingerprint density at radius 1 is 1.50 bits per heavy atom. The van der Waals surface area contributed by atoms with E-state index in [0.29, 0.717) is 19.6 Å². The van der Waals surface area contributed by atoms with E-state index in [0.717, 1.165) is 5.56 Å². The van der Waals surface area contributed by atoms with Crippen molar-refractivity contribution in [1.82, 2.24) is 4.31 Å². The van der Waals surface area contributed by atoms with Crippen molar-refractivity contribution in [3.63, 3.8) is 0 Å². The van der Waals surface area contributed by atoms with Crippen molar-refractivity contribution in [2.45, 2.75) is 36.9 Å². The Morgan fingerprint density at radius 3 is 2.70 bits per heavy atom. The lowest BCUT2D eigenvalue weighted by Gasteiger charge is -2.26. The van der Waals surface area contributed by atoms with Gasteiger partial charge in [0.05, 0.1) is 17.2 Å². The summed E-state index contributed by atoms with van der Waals surface area (Å²) in [5, 5.41) is 0.200. The quantitative estimate of drug-likeness (QED) is 0.915. The third-order valence-corrected chi connectivity index (χ3v) is 6.06. The van der Waals surface area contributed by atoms with Crippen molar-refractivity contribution in [2.24, 2.45) is 5.73 Å². The highest BCUT2D eigenvalue weighted by Gasteiger charge is 2.36. The topological polar surface area (TPSA) is 72.6 Å². The van der Waals surface area contributed by atoms with E-state index < -0.39 is 10.0 Å². The molecule has 0 radical (unpaired) electrons.